The number of nitrogens with zero attached hydrogens (tertiary/aromatic N) is 5. The first-order chi connectivity index (χ1) is 11.8. The highest BCUT2D eigenvalue weighted by Crippen LogP contribution is 2.27. The van der Waals surface area contributed by atoms with E-state index in [9.17, 15) is 0 Å². The van der Waals surface area contributed by atoms with Gasteiger partial charge in [-0.2, -0.15) is 0 Å². The van der Waals surface area contributed by atoms with E-state index in [2.05, 4.69) is 56.6 Å². The van der Waals surface area contributed by atoms with Crippen molar-refractivity contribution in [3.63, 3.8) is 0 Å². The fourth-order valence-corrected chi connectivity index (χ4v) is 3.82. The molecule has 0 aliphatic carbocycles. The van der Waals surface area contributed by atoms with Crippen molar-refractivity contribution in [3.8, 4) is 0 Å². The highest BCUT2D eigenvalue weighted by Gasteiger charge is 2.26. The van der Waals surface area contributed by atoms with Crippen molar-refractivity contribution in [1.29, 1.82) is 0 Å². The van der Waals surface area contributed by atoms with Crippen LogP contribution in [0.5, 0.6) is 0 Å². The SMILES string of the molecule is CN1C=CC(c2ccncn2)=NC1N1CCC=C(c2cccs2)C1. The Kier molecular flexibility index (Phi) is 4.23. The van der Waals surface area contributed by atoms with Crippen molar-refractivity contribution in [2.75, 3.05) is 20.1 Å². The lowest BCUT2D eigenvalue weighted by atomic mass is 10.1. The Hall–Kier alpha value is -2.31. The molecule has 122 valence electrons. The van der Waals surface area contributed by atoms with Gasteiger partial charge in [0.2, 0.25) is 0 Å². The number of allylic oxidation sites excluding steroid dienone is 1. The summed E-state index contributed by atoms with van der Waals surface area (Å²) in [5, 5.41) is 2.13. The number of rotatable bonds is 3. The molecule has 4 heterocycles. The number of hydrogen-bond donors (Lipinski definition) is 0. The Balaban J connectivity index is 1.58. The van der Waals surface area contributed by atoms with Crippen LogP contribution >= 0.6 is 11.3 Å². The molecule has 1 atom stereocenters. The van der Waals surface area contributed by atoms with Crippen molar-refractivity contribution < 1.29 is 0 Å². The molecule has 0 fully saturated rings. The molecule has 0 bridgehead atoms. The lowest BCUT2D eigenvalue weighted by Gasteiger charge is -2.38. The van der Waals surface area contributed by atoms with Crippen LogP contribution in [0.25, 0.3) is 5.57 Å². The average Bonchev–Trinajstić information content (AvgIpc) is 3.18. The van der Waals surface area contributed by atoms with E-state index in [4.69, 9.17) is 4.99 Å². The Morgan fingerprint density at radius 1 is 1.29 bits per heavy atom. The summed E-state index contributed by atoms with van der Waals surface area (Å²) in [6.07, 6.45) is 10.8. The van der Waals surface area contributed by atoms with Gasteiger partial charge in [0.05, 0.1) is 11.4 Å². The minimum Gasteiger partial charge on any atom is -0.347 e. The lowest BCUT2D eigenvalue weighted by Crippen LogP contribution is -2.47. The lowest BCUT2D eigenvalue weighted by molar-refractivity contribution is 0.111. The molecule has 0 N–H and O–H groups in total. The predicted molar refractivity (Wildman–Crippen MR) is 97.7 cm³/mol. The molecule has 1 unspecified atom stereocenters. The summed E-state index contributed by atoms with van der Waals surface area (Å²) >= 11 is 1.80. The first kappa shape index (κ1) is 15.2. The predicted octanol–water partition coefficient (Wildman–Crippen LogP) is 2.86. The van der Waals surface area contributed by atoms with Gasteiger partial charge in [0, 0.05) is 37.4 Å². The van der Waals surface area contributed by atoms with Crippen molar-refractivity contribution >= 4 is 22.6 Å². The molecule has 6 heteroatoms. The molecule has 0 saturated carbocycles. The molecule has 0 amide bonds. The fraction of sp³-hybridized carbons (Fsp3) is 0.278. The Bertz CT molecular complexity index is 779. The number of hydrogen-bond acceptors (Lipinski definition) is 6. The number of thiophene rings is 1. The third-order valence-corrected chi connectivity index (χ3v) is 5.22. The third-order valence-electron chi connectivity index (χ3n) is 4.28. The van der Waals surface area contributed by atoms with Crippen molar-refractivity contribution in [2.45, 2.75) is 12.7 Å². The largest absolute Gasteiger partial charge is 0.347 e. The maximum absolute atomic E-state index is 4.94. The zero-order chi connectivity index (χ0) is 16.4. The molecule has 5 nitrogen and oxygen atoms in total. The first-order valence-electron chi connectivity index (χ1n) is 8.02. The van der Waals surface area contributed by atoms with Crippen molar-refractivity contribution in [1.82, 2.24) is 19.8 Å². The minimum atomic E-state index is 0.00336. The van der Waals surface area contributed by atoms with E-state index < -0.39 is 0 Å². The van der Waals surface area contributed by atoms with Gasteiger partial charge < -0.3 is 4.90 Å². The van der Waals surface area contributed by atoms with E-state index in [1.807, 2.05) is 12.1 Å². The summed E-state index contributed by atoms with van der Waals surface area (Å²) in [5.41, 5.74) is 3.18. The van der Waals surface area contributed by atoms with Crippen molar-refractivity contribution in [3.05, 3.63) is 65.0 Å². The molecular weight excluding hydrogens is 318 g/mol. The van der Waals surface area contributed by atoms with E-state index in [0.29, 0.717) is 0 Å². The Labute approximate surface area is 145 Å². The maximum atomic E-state index is 4.94. The molecule has 2 aliphatic rings. The molecule has 0 spiro atoms. The topological polar surface area (TPSA) is 44.6 Å². The summed E-state index contributed by atoms with van der Waals surface area (Å²) in [6, 6.07) is 6.21. The minimum absolute atomic E-state index is 0.00336. The van der Waals surface area contributed by atoms with E-state index in [1.165, 1.54) is 10.5 Å². The van der Waals surface area contributed by atoms with Crippen LogP contribution in [0, 0.1) is 0 Å². The van der Waals surface area contributed by atoms with E-state index in [-0.39, 0.29) is 6.29 Å². The monoisotopic (exact) mass is 337 g/mol. The van der Waals surface area contributed by atoms with Crippen LogP contribution in [0.2, 0.25) is 0 Å². The van der Waals surface area contributed by atoms with Crippen LogP contribution in [0.4, 0.5) is 0 Å². The number of aromatic nitrogens is 2. The summed E-state index contributed by atoms with van der Waals surface area (Å²) in [4.78, 5) is 19.2. The average molecular weight is 337 g/mol. The molecule has 0 saturated heterocycles. The van der Waals surface area contributed by atoms with Crippen LogP contribution in [-0.4, -0.2) is 51.9 Å². The van der Waals surface area contributed by atoms with Gasteiger partial charge in [0.1, 0.15) is 6.33 Å². The van der Waals surface area contributed by atoms with E-state index in [1.54, 1.807) is 23.9 Å². The van der Waals surface area contributed by atoms with Gasteiger partial charge in [-0.25, -0.2) is 15.0 Å². The Morgan fingerprint density at radius 3 is 3.04 bits per heavy atom. The highest BCUT2D eigenvalue weighted by molar-refractivity contribution is 7.11. The van der Waals surface area contributed by atoms with Crippen LogP contribution in [0.3, 0.4) is 0 Å². The van der Waals surface area contributed by atoms with Crippen LogP contribution in [0.1, 0.15) is 17.0 Å². The van der Waals surface area contributed by atoms with Gasteiger partial charge in [-0.15, -0.1) is 11.3 Å². The van der Waals surface area contributed by atoms with Crippen LogP contribution in [0.15, 0.2) is 59.4 Å². The second kappa shape index (κ2) is 6.67. The molecule has 24 heavy (non-hydrogen) atoms. The summed E-state index contributed by atoms with van der Waals surface area (Å²) in [7, 11) is 2.07. The smallest absolute Gasteiger partial charge is 0.179 e. The molecule has 2 aliphatic heterocycles. The fourth-order valence-electron chi connectivity index (χ4n) is 3.06. The zero-order valence-electron chi connectivity index (χ0n) is 13.5. The molecule has 2 aromatic rings. The molecule has 0 radical (unpaired) electrons. The summed E-state index contributed by atoms with van der Waals surface area (Å²) in [6.45, 7) is 1.93. The van der Waals surface area contributed by atoms with Gasteiger partial charge in [0.15, 0.2) is 6.29 Å². The van der Waals surface area contributed by atoms with Gasteiger partial charge >= 0.3 is 0 Å². The quantitative estimate of drug-likeness (QED) is 0.864. The normalized spacial score (nSPS) is 21.5. The van der Waals surface area contributed by atoms with Gasteiger partial charge in [0.25, 0.3) is 0 Å². The standard InChI is InChI=1S/C18H19N5S/c1-22-10-7-16(15-6-8-19-13-20-15)21-18(22)23-9-2-4-14(12-23)17-5-3-11-24-17/h3-8,10-11,13,18H,2,9,12H2,1H3. The Morgan fingerprint density at radius 2 is 2.25 bits per heavy atom. The molecular formula is C18H19N5S. The first-order valence-corrected chi connectivity index (χ1v) is 8.90. The summed E-state index contributed by atoms with van der Waals surface area (Å²) < 4.78 is 0. The van der Waals surface area contributed by atoms with Gasteiger partial charge in [-0.05, 0) is 35.6 Å². The second-order valence-electron chi connectivity index (χ2n) is 5.90. The zero-order valence-corrected chi connectivity index (χ0v) is 14.4. The van der Waals surface area contributed by atoms with Crippen molar-refractivity contribution in [2.24, 2.45) is 4.99 Å². The highest BCUT2D eigenvalue weighted by atomic mass is 32.1. The summed E-state index contributed by atoms with van der Waals surface area (Å²) in [5.74, 6) is 0. The molecule has 2 aromatic heterocycles. The van der Waals surface area contributed by atoms with E-state index >= 15 is 0 Å². The number of aliphatic imine (C=N–C) groups is 1. The van der Waals surface area contributed by atoms with Crippen LogP contribution < -0.4 is 0 Å². The van der Waals surface area contributed by atoms with Gasteiger partial charge in [-0.1, -0.05) is 12.1 Å². The maximum Gasteiger partial charge on any atom is 0.179 e. The third kappa shape index (κ3) is 3.02. The second-order valence-corrected chi connectivity index (χ2v) is 6.85. The van der Waals surface area contributed by atoms with Gasteiger partial charge in [-0.3, -0.25) is 4.90 Å². The van der Waals surface area contributed by atoms with E-state index in [0.717, 1.165) is 30.9 Å². The molecule has 4 rings (SSSR count). The van der Waals surface area contributed by atoms with Crippen LogP contribution in [-0.2, 0) is 0 Å². The molecule has 0 aromatic carbocycles.